The largest absolute Gasteiger partial charge is 0.359 e. The Morgan fingerprint density at radius 2 is 2.29 bits per heavy atom. The number of nitriles is 1. The number of carbonyl (C=O) groups is 1. The number of rotatable bonds is 2. The molecule has 0 radical (unpaired) electrons. The lowest BCUT2D eigenvalue weighted by molar-refractivity contribution is -0.116. The number of amides is 1. The van der Waals surface area contributed by atoms with Crippen molar-refractivity contribution in [2.75, 3.05) is 11.9 Å². The van der Waals surface area contributed by atoms with Crippen molar-refractivity contribution in [3.8, 4) is 6.07 Å². The molecule has 0 bridgehead atoms. The molecule has 1 amide bonds. The molecule has 1 heterocycles. The van der Waals surface area contributed by atoms with E-state index in [0.29, 0.717) is 6.42 Å². The summed E-state index contributed by atoms with van der Waals surface area (Å²) in [6.45, 7) is 1.52. The number of anilines is 1. The molecular weight excluding hydrogens is 214 g/mol. The topological polar surface area (TPSA) is 59.9 Å². The van der Waals surface area contributed by atoms with Gasteiger partial charge in [-0.3, -0.25) is 4.79 Å². The van der Waals surface area contributed by atoms with Gasteiger partial charge in [-0.15, -0.1) is 0 Å². The predicted molar refractivity (Wildman–Crippen MR) is 66.7 cm³/mol. The van der Waals surface area contributed by atoms with Gasteiger partial charge in [0.1, 0.15) is 0 Å². The molecule has 0 aliphatic carbocycles. The molecule has 86 valence electrons. The van der Waals surface area contributed by atoms with E-state index in [-0.39, 0.29) is 5.91 Å². The van der Waals surface area contributed by atoms with Crippen molar-refractivity contribution in [1.82, 2.24) is 4.98 Å². The van der Waals surface area contributed by atoms with Crippen molar-refractivity contribution in [2.24, 2.45) is 0 Å². The van der Waals surface area contributed by atoms with E-state index in [1.807, 2.05) is 24.4 Å². The van der Waals surface area contributed by atoms with Crippen LogP contribution in [0.3, 0.4) is 0 Å². The van der Waals surface area contributed by atoms with E-state index >= 15 is 0 Å². The van der Waals surface area contributed by atoms with Crippen LogP contribution in [0.1, 0.15) is 12.5 Å². The summed E-state index contributed by atoms with van der Waals surface area (Å²) in [5.41, 5.74) is 2.65. The lowest BCUT2D eigenvalue weighted by Gasteiger charge is -2.17. The molecular formula is C13H13N3O. The van der Waals surface area contributed by atoms with E-state index in [2.05, 4.69) is 11.1 Å². The van der Waals surface area contributed by atoms with Gasteiger partial charge in [0.15, 0.2) is 0 Å². The van der Waals surface area contributed by atoms with Gasteiger partial charge >= 0.3 is 0 Å². The highest BCUT2D eigenvalue weighted by Gasteiger charge is 2.12. The molecule has 17 heavy (non-hydrogen) atoms. The Morgan fingerprint density at radius 3 is 2.94 bits per heavy atom. The second kappa shape index (κ2) is 4.30. The highest BCUT2D eigenvalue weighted by molar-refractivity contribution is 6.01. The van der Waals surface area contributed by atoms with E-state index < -0.39 is 0 Å². The summed E-state index contributed by atoms with van der Waals surface area (Å²) in [6.07, 6.45) is 2.18. The zero-order valence-electron chi connectivity index (χ0n) is 9.82. The van der Waals surface area contributed by atoms with Gasteiger partial charge in [-0.25, -0.2) is 0 Å². The summed E-state index contributed by atoms with van der Waals surface area (Å²) in [5.74, 6) is -0.0324. The van der Waals surface area contributed by atoms with Crippen molar-refractivity contribution in [3.63, 3.8) is 0 Å². The number of carbonyl (C=O) groups excluding carboxylic acids is 1. The highest BCUT2D eigenvalue weighted by atomic mass is 16.2. The molecule has 4 nitrogen and oxygen atoms in total. The maximum Gasteiger partial charge on any atom is 0.223 e. The third-order valence-corrected chi connectivity index (χ3v) is 2.82. The number of hydrogen-bond donors (Lipinski definition) is 1. The fourth-order valence-corrected chi connectivity index (χ4v) is 1.84. The second-order valence-electron chi connectivity index (χ2n) is 3.97. The molecule has 0 unspecified atom stereocenters. The van der Waals surface area contributed by atoms with Crippen LogP contribution < -0.4 is 4.90 Å². The normalized spacial score (nSPS) is 10.2. The van der Waals surface area contributed by atoms with Gasteiger partial charge in [-0.05, 0) is 23.8 Å². The van der Waals surface area contributed by atoms with Crippen LogP contribution in [0, 0.1) is 11.3 Å². The Kier molecular flexibility index (Phi) is 2.84. The maximum atomic E-state index is 11.4. The van der Waals surface area contributed by atoms with Crippen LogP contribution in [0.2, 0.25) is 0 Å². The Balaban J connectivity index is 2.62. The standard InChI is InChI=1S/C13H13N3O/c1-9(17)16(2)12-8-10(3-5-14)7-11-4-6-15-13(11)12/h4,6-8,15H,3H2,1-2H3. The van der Waals surface area contributed by atoms with E-state index in [1.165, 1.54) is 6.92 Å². The van der Waals surface area contributed by atoms with Crippen LogP contribution in [-0.4, -0.2) is 17.9 Å². The first-order chi connectivity index (χ1) is 8.13. The maximum absolute atomic E-state index is 11.4. The minimum absolute atomic E-state index is 0.0324. The lowest BCUT2D eigenvalue weighted by Crippen LogP contribution is -2.23. The molecule has 2 aromatic rings. The Bertz CT molecular complexity index is 607. The molecule has 1 aromatic carbocycles. The monoisotopic (exact) mass is 227 g/mol. The number of hydrogen-bond acceptors (Lipinski definition) is 2. The Labute approximate surface area is 99.5 Å². The first kappa shape index (κ1) is 11.2. The van der Waals surface area contributed by atoms with Crippen LogP contribution in [-0.2, 0) is 11.2 Å². The van der Waals surface area contributed by atoms with E-state index in [1.54, 1.807) is 11.9 Å². The van der Waals surface area contributed by atoms with E-state index in [9.17, 15) is 4.79 Å². The number of aromatic amines is 1. The van der Waals surface area contributed by atoms with Crippen LogP contribution in [0.5, 0.6) is 0 Å². The van der Waals surface area contributed by atoms with Crippen LogP contribution in [0.25, 0.3) is 10.9 Å². The smallest absolute Gasteiger partial charge is 0.223 e. The summed E-state index contributed by atoms with van der Waals surface area (Å²) in [5, 5.41) is 9.76. The Hall–Kier alpha value is -2.28. The molecule has 0 fully saturated rings. The van der Waals surface area contributed by atoms with Gasteiger partial charge in [-0.1, -0.05) is 0 Å². The molecule has 2 rings (SSSR count). The molecule has 0 saturated heterocycles. The number of benzene rings is 1. The van der Waals surface area contributed by atoms with Gasteiger partial charge in [0.25, 0.3) is 0 Å². The molecule has 0 spiro atoms. The van der Waals surface area contributed by atoms with Gasteiger partial charge < -0.3 is 9.88 Å². The third kappa shape index (κ3) is 2.00. The molecule has 0 atom stereocenters. The van der Waals surface area contributed by atoms with Crippen molar-refractivity contribution in [1.29, 1.82) is 5.26 Å². The van der Waals surface area contributed by atoms with E-state index in [4.69, 9.17) is 5.26 Å². The van der Waals surface area contributed by atoms with Crippen molar-refractivity contribution in [3.05, 3.63) is 30.0 Å². The number of nitrogens with one attached hydrogen (secondary N) is 1. The molecule has 0 aliphatic rings. The highest BCUT2D eigenvalue weighted by Crippen LogP contribution is 2.27. The lowest BCUT2D eigenvalue weighted by atomic mass is 10.1. The Morgan fingerprint density at radius 1 is 1.53 bits per heavy atom. The van der Waals surface area contributed by atoms with Crippen LogP contribution in [0.4, 0.5) is 5.69 Å². The minimum Gasteiger partial charge on any atom is -0.359 e. The molecule has 4 heteroatoms. The number of fused-ring (bicyclic) bond motifs is 1. The second-order valence-corrected chi connectivity index (χ2v) is 3.97. The van der Waals surface area contributed by atoms with Crippen molar-refractivity contribution in [2.45, 2.75) is 13.3 Å². The minimum atomic E-state index is -0.0324. The summed E-state index contributed by atoms with van der Waals surface area (Å²) in [7, 11) is 1.73. The fraction of sp³-hybridized carbons (Fsp3) is 0.231. The van der Waals surface area contributed by atoms with Gasteiger partial charge in [0.05, 0.1) is 23.7 Å². The zero-order valence-corrected chi connectivity index (χ0v) is 9.82. The summed E-state index contributed by atoms with van der Waals surface area (Å²) in [4.78, 5) is 16.1. The number of nitrogens with zero attached hydrogens (tertiary/aromatic N) is 2. The molecule has 0 saturated carbocycles. The SMILES string of the molecule is CC(=O)N(C)c1cc(CC#N)cc2cc[nH]c12. The van der Waals surface area contributed by atoms with Gasteiger partial charge in [0.2, 0.25) is 5.91 Å². The molecule has 0 aliphatic heterocycles. The van der Waals surface area contributed by atoms with Crippen molar-refractivity contribution < 1.29 is 4.79 Å². The predicted octanol–water partition coefficient (Wildman–Crippen LogP) is 2.22. The van der Waals surface area contributed by atoms with Crippen LogP contribution >= 0.6 is 0 Å². The van der Waals surface area contributed by atoms with E-state index in [0.717, 1.165) is 22.2 Å². The fourth-order valence-electron chi connectivity index (χ4n) is 1.84. The summed E-state index contributed by atoms with van der Waals surface area (Å²) in [6, 6.07) is 7.90. The third-order valence-electron chi connectivity index (χ3n) is 2.82. The number of H-pyrrole nitrogens is 1. The van der Waals surface area contributed by atoms with Gasteiger partial charge in [0, 0.05) is 25.6 Å². The average Bonchev–Trinajstić information content (AvgIpc) is 2.75. The van der Waals surface area contributed by atoms with Gasteiger partial charge in [-0.2, -0.15) is 5.26 Å². The summed E-state index contributed by atoms with van der Waals surface area (Å²) >= 11 is 0. The van der Waals surface area contributed by atoms with Crippen LogP contribution in [0.15, 0.2) is 24.4 Å². The average molecular weight is 227 g/mol. The quantitative estimate of drug-likeness (QED) is 0.855. The summed E-state index contributed by atoms with van der Waals surface area (Å²) < 4.78 is 0. The first-order valence-corrected chi connectivity index (χ1v) is 5.34. The molecule has 1 aromatic heterocycles. The zero-order chi connectivity index (χ0) is 12.4. The molecule has 1 N–H and O–H groups in total. The first-order valence-electron chi connectivity index (χ1n) is 5.34. The number of aromatic nitrogens is 1. The van der Waals surface area contributed by atoms with Crippen molar-refractivity contribution >= 4 is 22.5 Å².